The summed E-state index contributed by atoms with van der Waals surface area (Å²) < 4.78 is 6.05. The first-order valence-corrected chi connectivity index (χ1v) is 12.0. The molecule has 0 aliphatic heterocycles. The van der Waals surface area contributed by atoms with Crippen molar-refractivity contribution in [1.29, 1.82) is 0 Å². The van der Waals surface area contributed by atoms with E-state index < -0.39 is 5.41 Å². The molecular weight excluding hydrogens is 384 g/mol. The summed E-state index contributed by atoms with van der Waals surface area (Å²) in [6.45, 7) is 16.5. The SMILES string of the molecule is C=C(C)[C@@H]1CCC(C)=C[C@H]1c1c(O)cc(CCCCC)cc1OC(=O)C(C)(C)CCC. The van der Waals surface area contributed by atoms with E-state index in [1.807, 2.05) is 26.0 Å². The number of ether oxygens (including phenoxy) is 1. The van der Waals surface area contributed by atoms with Crippen molar-refractivity contribution in [2.45, 2.75) is 98.8 Å². The summed E-state index contributed by atoms with van der Waals surface area (Å²) in [6.07, 6.45) is 10.1. The average molecular weight is 427 g/mol. The smallest absolute Gasteiger partial charge is 0.316 e. The van der Waals surface area contributed by atoms with Crippen LogP contribution in [0.2, 0.25) is 0 Å². The fraction of sp³-hybridized carbons (Fsp3) is 0.607. The van der Waals surface area contributed by atoms with Crippen molar-refractivity contribution in [3.63, 3.8) is 0 Å². The highest BCUT2D eigenvalue weighted by molar-refractivity contribution is 5.79. The number of aryl methyl sites for hydroxylation is 1. The second kappa shape index (κ2) is 11.0. The van der Waals surface area contributed by atoms with Crippen LogP contribution in [0.1, 0.15) is 104 Å². The van der Waals surface area contributed by atoms with Crippen molar-refractivity contribution >= 4 is 5.97 Å². The molecule has 0 spiro atoms. The van der Waals surface area contributed by atoms with E-state index in [-0.39, 0.29) is 23.6 Å². The molecule has 0 heterocycles. The number of esters is 1. The topological polar surface area (TPSA) is 46.5 Å². The zero-order chi connectivity index (χ0) is 23.2. The molecule has 0 bridgehead atoms. The van der Waals surface area contributed by atoms with Crippen molar-refractivity contribution < 1.29 is 14.6 Å². The van der Waals surface area contributed by atoms with Crippen LogP contribution in [0.25, 0.3) is 0 Å². The fourth-order valence-corrected chi connectivity index (χ4v) is 4.68. The third kappa shape index (κ3) is 6.48. The minimum Gasteiger partial charge on any atom is -0.507 e. The van der Waals surface area contributed by atoms with Crippen LogP contribution < -0.4 is 4.74 Å². The number of carbonyl (C=O) groups excluding carboxylic acids is 1. The van der Waals surface area contributed by atoms with Gasteiger partial charge in [0.25, 0.3) is 0 Å². The van der Waals surface area contributed by atoms with Crippen molar-refractivity contribution in [3.8, 4) is 11.5 Å². The number of carbonyl (C=O) groups is 1. The highest BCUT2D eigenvalue weighted by Gasteiger charge is 2.34. The Hall–Kier alpha value is -2.03. The Labute approximate surface area is 189 Å². The van der Waals surface area contributed by atoms with Gasteiger partial charge in [0, 0.05) is 11.5 Å². The van der Waals surface area contributed by atoms with Crippen LogP contribution in [-0.4, -0.2) is 11.1 Å². The first kappa shape index (κ1) is 25.2. The number of unbranched alkanes of at least 4 members (excludes halogenated alkanes) is 2. The zero-order valence-electron chi connectivity index (χ0n) is 20.5. The van der Waals surface area contributed by atoms with Gasteiger partial charge in [0.05, 0.1) is 5.41 Å². The van der Waals surface area contributed by atoms with Gasteiger partial charge in [-0.1, -0.05) is 56.9 Å². The summed E-state index contributed by atoms with van der Waals surface area (Å²) in [5.74, 6) is 0.703. The number of allylic oxidation sites excluding steroid dienone is 3. The standard InChI is InChI=1S/C28H42O3/c1-8-10-11-12-21-17-24(29)26(23-16-20(5)13-14-22(23)19(3)4)25(18-21)31-27(30)28(6,7)15-9-2/h16-18,22-23,29H,3,8-15H2,1-2,4-7H3/t22-,23+/m0/s1. The zero-order valence-corrected chi connectivity index (χ0v) is 20.5. The van der Waals surface area contributed by atoms with Gasteiger partial charge in [0.1, 0.15) is 11.5 Å². The Kier molecular flexibility index (Phi) is 8.97. The van der Waals surface area contributed by atoms with Crippen molar-refractivity contribution in [3.05, 3.63) is 47.1 Å². The molecule has 0 unspecified atom stereocenters. The van der Waals surface area contributed by atoms with Gasteiger partial charge >= 0.3 is 5.97 Å². The molecule has 0 amide bonds. The van der Waals surface area contributed by atoms with Crippen LogP contribution in [0, 0.1) is 11.3 Å². The molecule has 3 heteroatoms. The molecule has 172 valence electrons. The first-order chi connectivity index (χ1) is 14.6. The van der Waals surface area contributed by atoms with Crippen LogP contribution in [0.3, 0.4) is 0 Å². The van der Waals surface area contributed by atoms with E-state index in [4.69, 9.17) is 4.74 Å². The summed E-state index contributed by atoms with van der Waals surface area (Å²) >= 11 is 0. The van der Waals surface area contributed by atoms with E-state index in [0.29, 0.717) is 5.75 Å². The van der Waals surface area contributed by atoms with Gasteiger partial charge in [-0.25, -0.2) is 0 Å². The van der Waals surface area contributed by atoms with E-state index in [2.05, 4.69) is 40.3 Å². The average Bonchev–Trinajstić information content (AvgIpc) is 2.67. The third-order valence-corrected chi connectivity index (χ3v) is 6.59. The first-order valence-electron chi connectivity index (χ1n) is 12.0. The fourth-order valence-electron chi connectivity index (χ4n) is 4.68. The van der Waals surface area contributed by atoms with Gasteiger partial charge in [-0.3, -0.25) is 4.79 Å². The third-order valence-electron chi connectivity index (χ3n) is 6.59. The molecule has 0 fully saturated rings. The van der Waals surface area contributed by atoms with Crippen LogP contribution in [0.15, 0.2) is 35.9 Å². The Morgan fingerprint density at radius 2 is 1.94 bits per heavy atom. The van der Waals surface area contributed by atoms with Crippen molar-refractivity contribution in [2.75, 3.05) is 0 Å². The lowest BCUT2D eigenvalue weighted by Crippen LogP contribution is -2.29. The monoisotopic (exact) mass is 426 g/mol. The molecule has 3 nitrogen and oxygen atoms in total. The maximum absolute atomic E-state index is 13.1. The number of rotatable bonds is 10. The molecule has 1 aromatic rings. The van der Waals surface area contributed by atoms with Gasteiger partial charge in [-0.2, -0.15) is 0 Å². The normalized spacial score (nSPS) is 19.1. The minimum atomic E-state index is -0.564. The van der Waals surface area contributed by atoms with E-state index in [1.54, 1.807) is 0 Å². The highest BCUT2D eigenvalue weighted by Crippen LogP contribution is 2.47. The van der Waals surface area contributed by atoms with Gasteiger partial charge in [-0.05, 0) is 83.4 Å². The molecule has 0 aromatic heterocycles. The Balaban J connectivity index is 2.53. The van der Waals surface area contributed by atoms with E-state index in [0.717, 1.165) is 68.1 Å². The lowest BCUT2D eigenvalue weighted by atomic mass is 9.73. The lowest BCUT2D eigenvalue weighted by molar-refractivity contribution is -0.144. The molecule has 1 aliphatic rings. The molecule has 0 saturated heterocycles. The summed E-state index contributed by atoms with van der Waals surface area (Å²) in [4.78, 5) is 13.1. The van der Waals surface area contributed by atoms with Gasteiger partial charge in [-0.15, -0.1) is 0 Å². The van der Waals surface area contributed by atoms with Crippen molar-refractivity contribution in [1.82, 2.24) is 0 Å². The second-order valence-corrected chi connectivity index (χ2v) is 10.0. The maximum Gasteiger partial charge on any atom is 0.316 e. The summed E-state index contributed by atoms with van der Waals surface area (Å²) in [6, 6.07) is 3.85. The molecule has 1 aliphatic carbocycles. The largest absolute Gasteiger partial charge is 0.507 e. The van der Waals surface area contributed by atoms with Gasteiger partial charge in [0.15, 0.2) is 0 Å². The van der Waals surface area contributed by atoms with Gasteiger partial charge in [0.2, 0.25) is 0 Å². The Bertz CT molecular complexity index is 816. The summed E-state index contributed by atoms with van der Waals surface area (Å²) in [7, 11) is 0. The Morgan fingerprint density at radius 3 is 2.55 bits per heavy atom. The Morgan fingerprint density at radius 1 is 1.23 bits per heavy atom. The molecule has 1 N–H and O–H groups in total. The van der Waals surface area contributed by atoms with Crippen LogP contribution in [-0.2, 0) is 11.2 Å². The van der Waals surface area contributed by atoms with Crippen LogP contribution >= 0.6 is 0 Å². The minimum absolute atomic E-state index is 0.0342. The quantitative estimate of drug-likeness (QED) is 0.179. The molecule has 0 radical (unpaired) electrons. The number of benzene rings is 1. The molecular formula is C28H42O3. The predicted octanol–water partition coefficient (Wildman–Crippen LogP) is 7.87. The van der Waals surface area contributed by atoms with Crippen LogP contribution in [0.4, 0.5) is 0 Å². The summed E-state index contributed by atoms with van der Waals surface area (Å²) in [5.41, 5.74) is 3.59. The number of phenolic OH excluding ortho intramolecular Hbond substituents is 1. The van der Waals surface area contributed by atoms with E-state index >= 15 is 0 Å². The van der Waals surface area contributed by atoms with Crippen molar-refractivity contribution in [2.24, 2.45) is 11.3 Å². The van der Waals surface area contributed by atoms with E-state index in [1.165, 1.54) is 5.57 Å². The van der Waals surface area contributed by atoms with Gasteiger partial charge < -0.3 is 9.84 Å². The number of hydrogen-bond acceptors (Lipinski definition) is 3. The number of phenols is 1. The summed E-state index contributed by atoms with van der Waals surface area (Å²) in [5, 5.41) is 11.1. The highest BCUT2D eigenvalue weighted by atomic mass is 16.5. The number of hydrogen-bond donors (Lipinski definition) is 1. The van der Waals surface area contributed by atoms with E-state index in [9.17, 15) is 9.90 Å². The molecule has 31 heavy (non-hydrogen) atoms. The molecule has 2 atom stereocenters. The maximum atomic E-state index is 13.1. The number of aromatic hydroxyl groups is 1. The second-order valence-electron chi connectivity index (χ2n) is 10.0. The molecule has 2 rings (SSSR count). The lowest BCUT2D eigenvalue weighted by Gasteiger charge is -2.32. The molecule has 1 aromatic carbocycles. The molecule has 0 saturated carbocycles. The van der Waals surface area contributed by atoms with Crippen LogP contribution in [0.5, 0.6) is 11.5 Å². The predicted molar refractivity (Wildman–Crippen MR) is 130 cm³/mol.